The number of hydrogen-bond acceptors (Lipinski definition) is 3. The first-order chi connectivity index (χ1) is 13.6. The topological polar surface area (TPSA) is 29.1 Å². The van der Waals surface area contributed by atoms with Crippen molar-refractivity contribution < 1.29 is 4.79 Å². The van der Waals surface area contributed by atoms with E-state index in [1.807, 2.05) is 61.5 Å². The van der Waals surface area contributed by atoms with Crippen LogP contribution in [0.2, 0.25) is 5.02 Å². The summed E-state index contributed by atoms with van der Waals surface area (Å²) in [6.45, 7) is 2.02. The van der Waals surface area contributed by atoms with Gasteiger partial charge in [-0.15, -0.1) is 23.5 Å². The number of nitrogens with one attached hydrogen (secondary N) is 1. The van der Waals surface area contributed by atoms with Crippen LogP contribution in [0.15, 0.2) is 88.7 Å². The third kappa shape index (κ3) is 6.33. The number of amides is 1. The molecule has 0 unspecified atom stereocenters. The molecule has 5 heteroatoms. The normalized spacial score (nSPS) is 11.8. The van der Waals surface area contributed by atoms with Gasteiger partial charge in [-0.25, -0.2) is 0 Å². The smallest absolute Gasteiger partial charge is 0.237 e. The Hall–Kier alpha value is -1.88. The molecule has 1 atom stereocenters. The van der Waals surface area contributed by atoms with Crippen molar-refractivity contribution in [2.24, 2.45) is 0 Å². The molecule has 3 aromatic rings. The van der Waals surface area contributed by atoms with Crippen molar-refractivity contribution in [3.05, 3.63) is 89.4 Å². The Labute approximate surface area is 180 Å². The van der Waals surface area contributed by atoms with E-state index in [-0.39, 0.29) is 11.2 Å². The first-order valence-electron chi connectivity index (χ1n) is 9.14. The average Bonchev–Trinajstić information content (AvgIpc) is 2.73. The molecule has 0 aliphatic heterocycles. The molecule has 0 radical (unpaired) electrons. The van der Waals surface area contributed by atoms with E-state index in [0.29, 0.717) is 5.02 Å². The molecular formula is C23H22ClNOS2. The van der Waals surface area contributed by atoms with E-state index < -0.39 is 0 Å². The molecule has 0 aromatic heterocycles. The summed E-state index contributed by atoms with van der Waals surface area (Å²) in [6.07, 6.45) is 0.755. The van der Waals surface area contributed by atoms with Crippen LogP contribution in [0.4, 0.5) is 5.69 Å². The fourth-order valence-corrected chi connectivity index (χ4v) is 4.55. The van der Waals surface area contributed by atoms with Crippen molar-refractivity contribution in [3.63, 3.8) is 0 Å². The number of hydrogen-bond donors (Lipinski definition) is 1. The molecule has 1 amide bonds. The van der Waals surface area contributed by atoms with Crippen molar-refractivity contribution >= 4 is 46.7 Å². The highest BCUT2D eigenvalue weighted by Gasteiger charge is 2.18. The number of thioether (sulfide) groups is 2. The standard InChI is InChI=1S/C23H22ClNOS2/c1-2-22(28-21-14-10-18(24)11-15-21)23(26)25-19-12-8-17(9-13-19)16-27-20-6-4-3-5-7-20/h3-15,22H,2,16H2,1H3,(H,25,26)/t22-/m1/s1. The fraction of sp³-hybridized carbons (Fsp3) is 0.174. The van der Waals surface area contributed by atoms with Gasteiger partial charge in [0.15, 0.2) is 0 Å². The van der Waals surface area contributed by atoms with Gasteiger partial charge < -0.3 is 5.32 Å². The number of halogens is 1. The highest BCUT2D eigenvalue weighted by atomic mass is 35.5. The predicted molar refractivity (Wildman–Crippen MR) is 122 cm³/mol. The van der Waals surface area contributed by atoms with Crippen molar-refractivity contribution in [1.82, 2.24) is 0 Å². The van der Waals surface area contributed by atoms with E-state index in [4.69, 9.17) is 11.6 Å². The van der Waals surface area contributed by atoms with Crippen LogP contribution in [0, 0.1) is 0 Å². The van der Waals surface area contributed by atoms with Crippen molar-refractivity contribution in [2.45, 2.75) is 34.1 Å². The molecule has 0 saturated heterocycles. The molecule has 144 valence electrons. The molecule has 28 heavy (non-hydrogen) atoms. The van der Waals surface area contributed by atoms with E-state index in [1.165, 1.54) is 10.5 Å². The summed E-state index contributed by atoms with van der Waals surface area (Å²) < 4.78 is 0. The Kier molecular flexibility index (Phi) is 7.90. The fourth-order valence-electron chi connectivity index (χ4n) is 2.59. The zero-order valence-electron chi connectivity index (χ0n) is 15.6. The van der Waals surface area contributed by atoms with Crippen LogP contribution in [-0.4, -0.2) is 11.2 Å². The lowest BCUT2D eigenvalue weighted by atomic mass is 10.2. The van der Waals surface area contributed by atoms with Gasteiger partial charge in [-0.2, -0.15) is 0 Å². The van der Waals surface area contributed by atoms with Crippen LogP contribution in [0.1, 0.15) is 18.9 Å². The molecule has 3 rings (SSSR count). The highest BCUT2D eigenvalue weighted by Crippen LogP contribution is 2.28. The lowest BCUT2D eigenvalue weighted by Crippen LogP contribution is -2.24. The number of rotatable bonds is 8. The number of carbonyl (C=O) groups excluding carboxylic acids is 1. The Balaban J connectivity index is 1.54. The van der Waals surface area contributed by atoms with Crippen molar-refractivity contribution in [3.8, 4) is 0 Å². The molecule has 0 bridgehead atoms. The summed E-state index contributed by atoms with van der Waals surface area (Å²) in [6, 6.07) is 26.0. The maximum Gasteiger partial charge on any atom is 0.237 e. The zero-order chi connectivity index (χ0) is 19.8. The minimum absolute atomic E-state index is 0.0221. The summed E-state index contributed by atoms with van der Waals surface area (Å²) >= 11 is 9.30. The maximum atomic E-state index is 12.6. The quantitative estimate of drug-likeness (QED) is 0.387. The second-order valence-corrected chi connectivity index (χ2v) is 9.02. The molecule has 0 spiro atoms. The van der Waals surface area contributed by atoms with Crippen LogP contribution in [-0.2, 0) is 10.5 Å². The maximum absolute atomic E-state index is 12.6. The van der Waals surface area contributed by atoms with E-state index in [9.17, 15) is 4.79 Å². The Morgan fingerprint density at radius 2 is 1.61 bits per heavy atom. The number of anilines is 1. The zero-order valence-corrected chi connectivity index (χ0v) is 18.0. The second-order valence-electron chi connectivity index (χ2n) is 6.26. The molecule has 3 aromatic carbocycles. The SMILES string of the molecule is CC[C@@H](Sc1ccc(Cl)cc1)C(=O)Nc1ccc(CSc2ccccc2)cc1. The summed E-state index contributed by atoms with van der Waals surface area (Å²) in [5.41, 5.74) is 2.06. The molecule has 0 aliphatic rings. The first-order valence-corrected chi connectivity index (χ1v) is 11.4. The monoisotopic (exact) mass is 427 g/mol. The third-order valence-corrected chi connectivity index (χ3v) is 6.84. The van der Waals surface area contributed by atoms with Gasteiger partial charge in [-0.05, 0) is 60.5 Å². The van der Waals surface area contributed by atoms with Gasteiger partial charge in [0.1, 0.15) is 0 Å². The average molecular weight is 428 g/mol. The summed E-state index contributed by atoms with van der Waals surface area (Å²) in [4.78, 5) is 14.9. The minimum atomic E-state index is -0.144. The summed E-state index contributed by atoms with van der Waals surface area (Å²) in [5, 5.41) is 3.59. The first kappa shape index (κ1) is 20.8. The van der Waals surface area contributed by atoms with Gasteiger partial charge in [0.25, 0.3) is 0 Å². The van der Waals surface area contributed by atoms with Crippen LogP contribution in [0.25, 0.3) is 0 Å². The van der Waals surface area contributed by atoms with Crippen LogP contribution in [0.5, 0.6) is 0 Å². The predicted octanol–water partition coefficient (Wildman–Crippen LogP) is 7.14. The van der Waals surface area contributed by atoms with Gasteiger partial charge >= 0.3 is 0 Å². The van der Waals surface area contributed by atoms with Crippen molar-refractivity contribution in [2.75, 3.05) is 5.32 Å². The molecule has 1 N–H and O–H groups in total. The highest BCUT2D eigenvalue weighted by molar-refractivity contribution is 8.00. The molecule has 0 aliphatic carbocycles. The molecule has 0 heterocycles. The van der Waals surface area contributed by atoms with Crippen molar-refractivity contribution in [1.29, 1.82) is 0 Å². The number of carbonyl (C=O) groups is 1. The Bertz CT molecular complexity index is 883. The molecule has 0 fully saturated rings. The number of benzene rings is 3. The third-order valence-electron chi connectivity index (χ3n) is 4.13. The Morgan fingerprint density at radius 1 is 0.929 bits per heavy atom. The van der Waals surface area contributed by atoms with E-state index >= 15 is 0 Å². The second kappa shape index (κ2) is 10.6. The van der Waals surface area contributed by atoms with Crippen LogP contribution >= 0.6 is 35.1 Å². The lowest BCUT2D eigenvalue weighted by molar-refractivity contribution is -0.115. The van der Waals surface area contributed by atoms with Crippen LogP contribution in [0.3, 0.4) is 0 Å². The Morgan fingerprint density at radius 3 is 2.25 bits per heavy atom. The van der Waals surface area contributed by atoms with E-state index in [2.05, 4.69) is 29.6 Å². The van der Waals surface area contributed by atoms with Gasteiger partial charge in [-0.1, -0.05) is 48.9 Å². The lowest BCUT2D eigenvalue weighted by Gasteiger charge is -2.15. The van der Waals surface area contributed by atoms with Crippen LogP contribution < -0.4 is 5.32 Å². The van der Waals surface area contributed by atoms with E-state index in [1.54, 1.807) is 23.5 Å². The van der Waals surface area contributed by atoms with Gasteiger partial charge in [0.2, 0.25) is 5.91 Å². The minimum Gasteiger partial charge on any atom is -0.325 e. The van der Waals surface area contributed by atoms with Gasteiger partial charge in [-0.3, -0.25) is 4.79 Å². The van der Waals surface area contributed by atoms with Gasteiger partial charge in [0, 0.05) is 26.3 Å². The summed E-state index contributed by atoms with van der Waals surface area (Å²) in [7, 11) is 0. The largest absolute Gasteiger partial charge is 0.325 e. The van der Waals surface area contributed by atoms with Gasteiger partial charge in [0.05, 0.1) is 5.25 Å². The summed E-state index contributed by atoms with van der Waals surface area (Å²) in [5.74, 6) is 0.927. The molecule has 0 saturated carbocycles. The molecular weight excluding hydrogens is 406 g/mol. The van der Waals surface area contributed by atoms with E-state index in [0.717, 1.165) is 22.8 Å². The molecule has 2 nitrogen and oxygen atoms in total.